The van der Waals surface area contributed by atoms with Crippen LogP contribution in [0.3, 0.4) is 0 Å². The van der Waals surface area contributed by atoms with Crippen LogP contribution in [0, 0.1) is 6.92 Å². The Morgan fingerprint density at radius 3 is 2.52 bits per heavy atom. The van der Waals surface area contributed by atoms with E-state index in [9.17, 15) is 13.2 Å². The number of aryl methyl sites for hydroxylation is 1. The second-order valence-electron chi connectivity index (χ2n) is 5.06. The second kappa shape index (κ2) is 7.67. The molecular formula is C15H19N3O3S2. The molecule has 8 heteroatoms. The van der Waals surface area contributed by atoms with Gasteiger partial charge in [-0.1, -0.05) is 0 Å². The van der Waals surface area contributed by atoms with Crippen molar-refractivity contribution in [2.75, 3.05) is 13.1 Å². The highest BCUT2D eigenvalue weighted by Crippen LogP contribution is 2.20. The van der Waals surface area contributed by atoms with Gasteiger partial charge in [-0.2, -0.15) is 0 Å². The van der Waals surface area contributed by atoms with Gasteiger partial charge in [-0.25, -0.2) is 13.1 Å². The van der Waals surface area contributed by atoms with E-state index < -0.39 is 10.0 Å². The molecule has 0 aliphatic rings. The molecule has 0 atom stereocenters. The van der Waals surface area contributed by atoms with Gasteiger partial charge in [0.05, 0.1) is 0 Å². The molecule has 0 bridgehead atoms. The molecule has 0 saturated carbocycles. The minimum atomic E-state index is -3.51. The molecule has 2 rings (SSSR count). The molecule has 0 aliphatic carbocycles. The van der Waals surface area contributed by atoms with Gasteiger partial charge >= 0.3 is 0 Å². The van der Waals surface area contributed by atoms with E-state index >= 15 is 0 Å². The summed E-state index contributed by atoms with van der Waals surface area (Å²) >= 11 is 1.22. The maximum absolute atomic E-state index is 12.1. The summed E-state index contributed by atoms with van der Waals surface area (Å²) in [4.78, 5) is 18.2. The third-order valence-electron chi connectivity index (χ3n) is 3.22. The number of sulfonamides is 1. The van der Waals surface area contributed by atoms with Gasteiger partial charge in [0.15, 0.2) is 0 Å². The number of carbonyl (C=O) groups is 1. The molecule has 0 fully saturated rings. The van der Waals surface area contributed by atoms with E-state index in [2.05, 4.69) is 9.71 Å². The first-order chi connectivity index (χ1) is 10.9. The predicted octanol–water partition coefficient (Wildman–Crippen LogP) is 1.78. The third-order valence-corrected chi connectivity index (χ3v) is 6.18. The zero-order chi connectivity index (χ0) is 16.9. The standard InChI is InChI=1S/C15H19N3O3S2/c1-12-3-4-15(22-12)23(20,21)17-9-10-18(13(2)19)11-14-5-7-16-8-6-14/h3-8,17H,9-11H2,1-2H3. The fraction of sp³-hybridized carbons (Fsp3) is 0.333. The first-order valence-corrected chi connectivity index (χ1v) is 9.39. The van der Waals surface area contributed by atoms with Crippen molar-refractivity contribution >= 4 is 27.3 Å². The molecule has 0 saturated heterocycles. The second-order valence-corrected chi connectivity index (χ2v) is 8.34. The summed E-state index contributed by atoms with van der Waals surface area (Å²) in [7, 11) is -3.51. The van der Waals surface area contributed by atoms with Gasteiger partial charge in [0.2, 0.25) is 15.9 Å². The van der Waals surface area contributed by atoms with Gasteiger partial charge in [0, 0.05) is 43.8 Å². The third kappa shape index (κ3) is 5.12. The van der Waals surface area contributed by atoms with Gasteiger partial charge in [0.25, 0.3) is 0 Å². The lowest BCUT2D eigenvalue weighted by atomic mass is 10.2. The quantitative estimate of drug-likeness (QED) is 0.823. The van der Waals surface area contributed by atoms with Gasteiger partial charge in [-0.05, 0) is 36.8 Å². The van der Waals surface area contributed by atoms with Crippen LogP contribution in [0.5, 0.6) is 0 Å². The number of thiophene rings is 1. The SMILES string of the molecule is CC(=O)N(CCNS(=O)(=O)c1ccc(C)s1)Cc1ccncc1. The topological polar surface area (TPSA) is 79.4 Å². The van der Waals surface area contributed by atoms with E-state index in [0.717, 1.165) is 10.4 Å². The Morgan fingerprint density at radius 1 is 1.26 bits per heavy atom. The first-order valence-electron chi connectivity index (χ1n) is 7.09. The summed E-state index contributed by atoms with van der Waals surface area (Å²) in [5.41, 5.74) is 0.951. The molecule has 124 valence electrons. The Balaban J connectivity index is 1.93. The van der Waals surface area contributed by atoms with Crippen molar-refractivity contribution in [3.8, 4) is 0 Å². The molecule has 0 aromatic carbocycles. The summed E-state index contributed by atoms with van der Waals surface area (Å²) in [6.07, 6.45) is 3.32. The van der Waals surface area contributed by atoms with E-state index in [0.29, 0.717) is 17.3 Å². The molecule has 0 radical (unpaired) electrons. The zero-order valence-corrected chi connectivity index (χ0v) is 14.7. The lowest BCUT2D eigenvalue weighted by Gasteiger charge is -2.21. The van der Waals surface area contributed by atoms with Crippen LogP contribution in [0.25, 0.3) is 0 Å². The van der Waals surface area contributed by atoms with Crippen molar-refractivity contribution in [2.45, 2.75) is 24.6 Å². The van der Waals surface area contributed by atoms with Gasteiger partial charge < -0.3 is 4.90 Å². The smallest absolute Gasteiger partial charge is 0.250 e. The van der Waals surface area contributed by atoms with E-state index in [1.165, 1.54) is 18.3 Å². The van der Waals surface area contributed by atoms with Gasteiger partial charge in [0.1, 0.15) is 4.21 Å². The van der Waals surface area contributed by atoms with Crippen LogP contribution >= 0.6 is 11.3 Å². The average Bonchev–Trinajstić information content (AvgIpc) is 2.94. The van der Waals surface area contributed by atoms with Crippen LogP contribution < -0.4 is 4.72 Å². The number of pyridine rings is 1. The highest BCUT2D eigenvalue weighted by molar-refractivity contribution is 7.91. The minimum absolute atomic E-state index is 0.104. The van der Waals surface area contributed by atoms with Crippen LogP contribution in [-0.2, 0) is 21.4 Å². The molecule has 1 N–H and O–H groups in total. The molecule has 2 aromatic heterocycles. The van der Waals surface area contributed by atoms with E-state index in [4.69, 9.17) is 0 Å². The predicted molar refractivity (Wildman–Crippen MR) is 89.6 cm³/mol. The van der Waals surface area contributed by atoms with Crippen LogP contribution in [0.2, 0.25) is 0 Å². The number of nitrogens with one attached hydrogen (secondary N) is 1. The van der Waals surface area contributed by atoms with Gasteiger partial charge in [-0.15, -0.1) is 11.3 Å². The number of nitrogens with zero attached hydrogens (tertiary/aromatic N) is 2. The number of carbonyl (C=O) groups excluding carboxylic acids is 1. The number of hydrogen-bond acceptors (Lipinski definition) is 5. The largest absolute Gasteiger partial charge is 0.337 e. The molecule has 23 heavy (non-hydrogen) atoms. The Morgan fingerprint density at radius 2 is 1.96 bits per heavy atom. The fourth-order valence-corrected chi connectivity index (χ4v) is 4.35. The Hall–Kier alpha value is -1.77. The lowest BCUT2D eigenvalue weighted by molar-refractivity contribution is -0.129. The van der Waals surface area contributed by atoms with Crippen molar-refractivity contribution in [3.63, 3.8) is 0 Å². The van der Waals surface area contributed by atoms with Crippen LogP contribution in [0.15, 0.2) is 40.9 Å². The van der Waals surface area contributed by atoms with Crippen molar-refractivity contribution in [3.05, 3.63) is 47.1 Å². The molecular weight excluding hydrogens is 334 g/mol. The molecule has 0 aliphatic heterocycles. The number of hydrogen-bond donors (Lipinski definition) is 1. The summed E-state index contributed by atoms with van der Waals surface area (Å²) in [5, 5.41) is 0. The first kappa shape index (κ1) is 17.6. The molecule has 1 amide bonds. The zero-order valence-electron chi connectivity index (χ0n) is 13.0. The highest BCUT2D eigenvalue weighted by Gasteiger charge is 2.17. The van der Waals surface area contributed by atoms with Gasteiger partial charge in [-0.3, -0.25) is 9.78 Å². The van der Waals surface area contributed by atoms with Crippen molar-refractivity contribution in [1.82, 2.24) is 14.6 Å². The van der Waals surface area contributed by atoms with Crippen LogP contribution in [-0.4, -0.2) is 37.3 Å². The fourth-order valence-electron chi connectivity index (χ4n) is 2.00. The van der Waals surface area contributed by atoms with E-state index in [-0.39, 0.29) is 12.5 Å². The summed E-state index contributed by atoms with van der Waals surface area (Å²) < 4.78 is 27.1. The number of amides is 1. The molecule has 0 spiro atoms. The maximum atomic E-state index is 12.1. The van der Waals surface area contributed by atoms with Crippen molar-refractivity contribution in [1.29, 1.82) is 0 Å². The summed E-state index contributed by atoms with van der Waals surface area (Å²) in [6.45, 7) is 4.23. The Labute approximate surface area is 140 Å². The highest BCUT2D eigenvalue weighted by atomic mass is 32.2. The van der Waals surface area contributed by atoms with E-state index in [1.54, 1.807) is 29.4 Å². The average molecular weight is 353 g/mol. The summed E-state index contributed by atoms with van der Waals surface area (Å²) in [6, 6.07) is 7.01. The van der Waals surface area contributed by atoms with Crippen LogP contribution in [0.4, 0.5) is 0 Å². The lowest BCUT2D eigenvalue weighted by Crippen LogP contribution is -2.36. The molecule has 0 unspecified atom stereocenters. The van der Waals surface area contributed by atoms with E-state index in [1.807, 2.05) is 19.1 Å². The van der Waals surface area contributed by atoms with Crippen molar-refractivity contribution < 1.29 is 13.2 Å². The summed E-state index contributed by atoms with van der Waals surface area (Å²) in [5.74, 6) is -0.104. The number of rotatable bonds is 7. The van der Waals surface area contributed by atoms with Crippen molar-refractivity contribution in [2.24, 2.45) is 0 Å². The van der Waals surface area contributed by atoms with Crippen LogP contribution in [0.1, 0.15) is 17.4 Å². The molecule has 2 heterocycles. The number of aromatic nitrogens is 1. The Kier molecular flexibility index (Phi) is 5.86. The maximum Gasteiger partial charge on any atom is 0.250 e. The molecule has 6 nitrogen and oxygen atoms in total. The minimum Gasteiger partial charge on any atom is -0.337 e. The normalized spacial score (nSPS) is 11.4. The monoisotopic (exact) mass is 353 g/mol. The Bertz CT molecular complexity index is 757. The molecule has 2 aromatic rings.